The van der Waals surface area contributed by atoms with Crippen LogP contribution < -0.4 is 0 Å². The maximum absolute atomic E-state index is 10.3. The summed E-state index contributed by atoms with van der Waals surface area (Å²) in [4.78, 5) is 0. The van der Waals surface area contributed by atoms with Gasteiger partial charge in [0.25, 0.3) is 0 Å². The van der Waals surface area contributed by atoms with Crippen molar-refractivity contribution in [2.75, 3.05) is 13.2 Å². The van der Waals surface area contributed by atoms with Crippen molar-refractivity contribution in [3.63, 3.8) is 0 Å². The molecule has 1 heterocycles. The van der Waals surface area contributed by atoms with E-state index in [2.05, 4.69) is 33.8 Å². The van der Waals surface area contributed by atoms with Gasteiger partial charge in [-0.05, 0) is 92.8 Å². The van der Waals surface area contributed by atoms with Gasteiger partial charge in [0.2, 0.25) is 0 Å². The van der Waals surface area contributed by atoms with Gasteiger partial charge in [-0.2, -0.15) is 0 Å². The van der Waals surface area contributed by atoms with Gasteiger partial charge in [0.05, 0.1) is 12.7 Å². The second-order valence-corrected chi connectivity index (χ2v) is 11.3. The standard InChI is InChI=1S/C26H40O2/c1-5-17-13-19-14-20(27)6-9-25(19,3)21-7-10-26(4)22(23(17)21)12-16(2)24(26)18-8-11-28-15-18/h13,17-18,20-23,27H,5-12,14-15H2,1-4H3/t17-,18?,20-,21-,22-,23+,25-,26-/m0/s1. The highest BCUT2D eigenvalue weighted by molar-refractivity contribution is 5.36. The van der Waals surface area contributed by atoms with Crippen molar-refractivity contribution in [3.8, 4) is 0 Å². The first kappa shape index (κ1) is 19.4. The van der Waals surface area contributed by atoms with Crippen LogP contribution in [0, 0.1) is 40.4 Å². The van der Waals surface area contributed by atoms with Crippen molar-refractivity contribution < 1.29 is 9.84 Å². The van der Waals surface area contributed by atoms with Gasteiger partial charge in [-0.15, -0.1) is 0 Å². The minimum absolute atomic E-state index is 0.105. The van der Waals surface area contributed by atoms with Crippen LogP contribution in [0.2, 0.25) is 0 Å². The lowest BCUT2D eigenvalue weighted by Gasteiger charge is -2.60. The Labute approximate surface area is 171 Å². The van der Waals surface area contributed by atoms with E-state index in [1.807, 2.05) is 5.57 Å². The van der Waals surface area contributed by atoms with E-state index in [-0.39, 0.29) is 6.10 Å². The molecule has 2 nitrogen and oxygen atoms in total. The number of rotatable bonds is 2. The maximum atomic E-state index is 10.3. The number of ether oxygens (including phenoxy) is 1. The number of hydrogen-bond acceptors (Lipinski definition) is 2. The molecule has 5 rings (SSSR count). The van der Waals surface area contributed by atoms with Crippen LogP contribution in [0.1, 0.15) is 79.1 Å². The first-order valence-electron chi connectivity index (χ1n) is 12.1. The van der Waals surface area contributed by atoms with E-state index in [9.17, 15) is 5.11 Å². The van der Waals surface area contributed by atoms with Gasteiger partial charge in [0, 0.05) is 12.5 Å². The van der Waals surface area contributed by atoms with Gasteiger partial charge in [-0.25, -0.2) is 0 Å². The number of fused-ring (bicyclic) bond motifs is 5. The lowest BCUT2D eigenvalue weighted by Crippen LogP contribution is -2.53. The number of aliphatic hydroxyl groups is 1. The molecule has 156 valence electrons. The highest BCUT2D eigenvalue weighted by Crippen LogP contribution is 2.68. The Morgan fingerprint density at radius 1 is 1.07 bits per heavy atom. The van der Waals surface area contributed by atoms with Crippen LogP contribution in [0.5, 0.6) is 0 Å². The summed E-state index contributed by atoms with van der Waals surface area (Å²) in [6.45, 7) is 11.9. The third-order valence-corrected chi connectivity index (χ3v) is 10.0. The van der Waals surface area contributed by atoms with E-state index in [4.69, 9.17) is 4.74 Å². The van der Waals surface area contributed by atoms with Crippen LogP contribution >= 0.6 is 0 Å². The van der Waals surface area contributed by atoms with Crippen LogP contribution in [0.15, 0.2) is 22.8 Å². The molecule has 0 radical (unpaired) electrons. The Morgan fingerprint density at radius 3 is 2.57 bits per heavy atom. The van der Waals surface area contributed by atoms with Gasteiger partial charge in [-0.3, -0.25) is 0 Å². The number of aliphatic hydroxyl groups excluding tert-OH is 1. The van der Waals surface area contributed by atoms with Gasteiger partial charge >= 0.3 is 0 Å². The van der Waals surface area contributed by atoms with Crippen LogP contribution in [0.4, 0.5) is 0 Å². The van der Waals surface area contributed by atoms with E-state index in [0.717, 1.165) is 43.8 Å². The smallest absolute Gasteiger partial charge is 0.0577 e. The first-order valence-corrected chi connectivity index (χ1v) is 12.1. The second kappa shape index (κ2) is 6.71. The van der Waals surface area contributed by atoms with Crippen LogP contribution in [0.25, 0.3) is 0 Å². The normalized spacial score (nSPS) is 50.8. The molecule has 1 unspecified atom stereocenters. The van der Waals surface area contributed by atoms with Crippen molar-refractivity contribution in [2.24, 2.45) is 40.4 Å². The number of allylic oxidation sites excluding steroid dienone is 2. The van der Waals surface area contributed by atoms with Crippen LogP contribution in [0.3, 0.4) is 0 Å². The number of hydrogen-bond donors (Lipinski definition) is 1. The molecule has 4 aliphatic carbocycles. The summed E-state index contributed by atoms with van der Waals surface area (Å²) in [5.41, 5.74) is 5.85. The minimum Gasteiger partial charge on any atom is -0.393 e. The summed E-state index contributed by atoms with van der Waals surface area (Å²) in [5, 5.41) is 10.3. The average Bonchev–Trinajstić information content (AvgIpc) is 3.26. The third kappa shape index (κ3) is 2.59. The summed E-state index contributed by atoms with van der Waals surface area (Å²) >= 11 is 0. The average molecular weight is 385 g/mol. The van der Waals surface area contributed by atoms with E-state index in [1.165, 1.54) is 38.5 Å². The Balaban J connectivity index is 1.53. The van der Waals surface area contributed by atoms with Gasteiger partial charge in [0.1, 0.15) is 0 Å². The fourth-order valence-electron chi connectivity index (χ4n) is 8.74. The molecule has 1 aliphatic heterocycles. The zero-order chi connectivity index (χ0) is 19.7. The summed E-state index contributed by atoms with van der Waals surface area (Å²) in [6, 6.07) is 0. The third-order valence-electron chi connectivity index (χ3n) is 10.0. The van der Waals surface area contributed by atoms with Crippen molar-refractivity contribution in [3.05, 3.63) is 22.8 Å². The molecule has 3 fully saturated rings. The molecule has 2 heteroatoms. The monoisotopic (exact) mass is 384 g/mol. The summed E-state index contributed by atoms with van der Waals surface area (Å²) < 4.78 is 5.82. The predicted molar refractivity (Wildman–Crippen MR) is 114 cm³/mol. The fraction of sp³-hybridized carbons (Fsp3) is 0.846. The van der Waals surface area contributed by atoms with Gasteiger partial charge in [0.15, 0.2) is 0 Å². The molecule has 0 aromatic carbocycles. The van der Waals surface area contributed by atoms with Crippen molar-refractivity contribution in [2.45, 2.75) is 85.2 Å². The van der Waals surface area contributed by atoms with Crippen LogP contribution in [-0.4, -0.2) is 24.4 Å². The molecule has 5 aliphatic rings. The van der Waals surface area contributed by atoms with Crippen molar-refractivity contribution in [1.29, 1.82) is 0 Å². The largest absolute Gasteiger partial charge is 0.393 e. The molecule has 1 N–H and O–H groups in total. The lowest BCUT2D eigenvalue weighted by molar-refractivity contribution is -0.0539. The van der Waals surface area contributed by atoms with E-state index < -0.39 is 0 Å². The minimum atomic E-state index is -0.105. The van der Waals surface area contributed by atoms with Gasteiger partial charge < -0.3 is 9.84 Å². The van der Waals surface area contributed by atoms with E-state index >= 15 is 0 Å². The highest BCUT2D eigenvalue weighted by Gasteiger charge is 2.60. The Kier molecular flexibility index (Phi) is 4.64. The van der Waals surface area contributed by atoms with E-state index in [1.54, 1.807) is 11.1 Å². The molecule has 0 amide bonds. The molecule has 0 aromatic rings. The molecule has 28 heavy (non-hydrogen) atoms. The fourth-order valence-corrected chi connectivity index (χ4v) is 8.74. The quantitative estimate of drug-likeness (QED) is 0.600. The molecular weight excluding hydrogens is 344 g/mol. The molecular formula is C26H40O2. The molecule has 0 spiro atoms. The molecule has 8 atom stereocenters. The topological polar surface area (TPSA) is 29.5 Å². The Bertz CT molecular complexity index is 699. The van der Waals surface area contributed by atoms with Gasteiger partial charge in [-0.1, -0.05) is 43.6 Å². The van der Waals surface area contributed by atoms with Crippen molar-refractivity contribution >= 4 is 0 Å². The van der Waals surface area contributed by atoms with Crippen molar-refractivity contribution in [1.82, 2.24) is 0 Å². The SMILES string of the molecule is CC[C@H]1C=C2C[C@@H](O)CC[C@]2(C)[C@H]2CC[C@]3(C)C(C4CCOC4)=C(C)C[C@H]3[C@H]12. The molecule has 0 bridgehead atoms. The molecule has 2 saturated carbocycles. The van der Waals surface area contributed by atoms with E-state index in [0.29, 0.717) is 22.7 Å². The summed E-state index contributed by atoms with van der Waals surface area (Å²) in [5.74, 6) is 3.84. The molecule has 1 saturated heterocycles. The first-order chi connectivity index (χ1) is 13.4. The molecule has 0 aromatic heterocycles. The Hall–Kier alpha value is -0.600. The Morgan fingerprint density at radius 2 is 1.86 bits per heavy atom. The second-order valence-electron chi connectivity index (χ2n) is 11.3. The maximum Gasteiger partial charge on any atom is 0.0577 e. The zero-order valence-electron chi connectivity index (χ0n) is 18.5. The predicted octanol–water partition coefficient (Wildman–Crippen LogP) is 5.91. The highest BCUT2D eigenvalue weighted by atomic mass is 16.5. The zero-order valence-corrected chi connectivity index (χ0v) is 18.5. The lowest BCUT2D eigenvalue weighted by atomic mass is 9.45. The summed E-state index contributed by atoms with van der Waals surface area (Å²) in [7, 11) is 0. The van der Waals surface area contributed by atoms with Crippen LogP contribution in [-0.2, 0) is 4.74 Å². The summed E-state index contributed by atoms with van der Waals surface area (Å²) in [6.07, 6.45) is 12.2.